The van der Waals surface area contributed by atoms with Gasteiger partial charge in [0, 0.05) is 10.9 Å². The lowest BCUT2D eigenvalue weighted by Gasteiger charge is -2.03. The van der Waals surface area contributed by atoms with E-state index in [1.165, 1.54) is 12.1 Å². The van der Waals surface area contributed by atoms with Crippen LogP contribution in [0.15, 0.2) is 35.3 Å². The average Bonchev–Trinajstić information content (AvgIpc) is 2.28. The Balaban J connectivity index is 2.44. The summed E-state index contributed by atoms with van der Waals surface area (Å²) < 4.78 is 14.1. The molecule has 0 radical (unpaired) electrons. The second-order valence-electron chi connectivity index (χ2n) is 3.94. The summed E-state index contributed by atoms with van der Waals surface area (Å²) in [6, 6.07) is 4.55. The van der Waals surface area contributed by atoms with E-state index in [-0.39, 0.29) is 11.3 Å². The van der Waals surface area contributed by atoms with Crippen molar-refractivity contribution in [2.75, 3.05) is 0 Å². The third-order valence-corrected chi connectivity index (χ3v) is 3.04. The van der Waals surface area contributed by atoms with Crippen molar-refractivity contribution in [1.29, 1.82) is 0 Å². The molecule has 3 heteroatoms. The molecule has 0 aromatic heterocycles. The summed E-state index contributed by atoms with van der Waals surface area (Å²) in [5, 5.41) is 0. The lowest BCUT2D eigenvalue weighted by molar-refractivity contribution is 0.0975. The minimum absolute atomic E-state index is 0.117. The minimum Gasteiger partial charge on any atom is -0.294 e. The van der Waals surface area contributed by atoms with Gasteiger partial charge in [-0.25, -0.2) is 4.39 Å². The maximum atomic E-state index is 13.5. The molecule has 1 rings (SSSR count). The molecule has 0 N–H and O–H groups in total. The highest BCUT2D eigenvalue weighted by molar-refractivity contribution is 9.10. The van der Waals surface area contributed by atoms with Crippen LogP contribution >= 0.6 is 15.9 Å². The number of allylic oxidation sites excluding steroid dienone is 1. The van der Waals surface area contributed by atoms with Crippen LogP contribution in [0.1, 0.15) is 42.5 Å². The molecule has 0 heterocycles. The van der Waals surface area contributed by atoms with Gasteiger partial charge in [-0.3, -0.25) is 4.79 Å². The summed E-state index contributed by atoms with van der Waals surface area (Å²) in [4.78, 5) is 11.7. The molecule has 1 aromatic rings. The van der Waals surface area contributed by atoms with E-state index < -0.39 is 5.82 Å². The summed E-state index contributed by atoms with van der Waals surface area (Å²) in [5.41, 5.74) is 0.192. The summed E-state index contributed by atoms with van der Waals surface area (Å²) >= 11 is 3.17. The molecule has 0 aliphatic rings. The van der Waals surface area contributed by atoms with E-state index >= 15 is 0 Å². The fourth-order valence-corrected chi connectivity index (χ4v) is 1.93. The normalized spacial score (nSPS) is 10.2. The third-order valence-electron chi connectivity index (χ3n) is 2.54. The monoisotopic (exact) mass is 298 g/mol. The van der Waals surface area contributed by atoms with E-state index in [0.717, 1.165) is 25.7 Å². The Kier molecular flexibility index (Phi) is 6.12. The Bertz CT molecular complexity index is 401. The van der Waals surface area contributed by atoms with Crippen molar-refractivity contribution in [1.82, 2.24) is 0 Å². The molecule has 0 fully saturated rings. The van der Waals surface area contributed by atoms with Gasteiger partial charge in [-0.15, -0.1) is 6.58 Å². The van der Waals surface area contributed by atoms with Crippen molar-refractivity contribution in [2.45, 2.75) is 32.1 Å². The maximum Gasteiger partial charge on any atom is 0.165 e. The molecule has 92 valence electrons. The summed E-state index contributed by atoms with van der Waals surface area (Å²) in [7, 11) is 0. The SMILES string of the molecule is C=CCCCCCC(=O)c1ccc(Br)cc1F. The molecule has 0 saturated heterocycles. The van der Waals surface area contributed by atoms with Gasteiger partial charge >= 0.3 is 0 Å². The highest BCUT2D eigenvalue weighted by atomic mass is 79.9. The van der Waals surface area contributed by atoms with Gasteiger partial charge in [-0.1, -0.05) is 28.4 Å². The van der Waals surface area contributed by atoms with Crippen LogP contribution in [0, 0.1) is 5.82 Å². The number of hydrogen-bond acceptors (Lipinski definition) is 1. The van der Waals surface area contributed by atoms with Crippen LogP contribution in [0.4, 0.5) is 4.39 Å². The van der Waals surface area contributed by atoms with Gasteiger partial charge in [0.15, 0.2) is 5.78 Å². The van der Waals surface area contributed by atoms with Crippen molar-refractivity contribution < 1.29 is 9.18 Å². The average molecular weight is 299 g/mol. The lowest BCUT2D eigenvalue weighted by Crippen LogP contribution is -2.02. The van der Waals surface area contributed by atoms with Gasteiger partial charge < -0.3 is 0 Å². The van der Waals surface area contributed by atoms with Gasteiger partial charge in [0.05, 0.1) is 5.56 Å². The highest BCUT2D eigenvalue weighted by Crippen LogP contribution is 2.17. The largest absolute Gasteiger partial charge is 0.294 e. The predicted molar refractivity (Wildman–Crippen MR) is 71.7 cm³/mol. The molecule has 0 unspecified atom stereocenters. The molecule has 0 aliphatic carbocycles. The Labute approximate surface area is 110 Å². The van der Waals surface area contributed by atoms with Crippen LogP contribution in [0.25, 0.3) is 0 Å². The van der Waals surface area contributed by atoms with Crippen molar-refractivity contribution in [3.8, 4) is 0 Å². The Morgan fingerprint density at radius 2 is 2.12 bits per heavy atom. The summed E-state index contributed by atoms with van der Waals surface area (Å²) in [6.07, 6.45) is 6.09. The molecule has 1 aromatic carbocycles. The molecule has 0 bridgehead atoms. The number of carbonyl (C=O) groups is 1. The number of unbranched alkanes of at least 4 members (excludes halogenated alkanes) is 3. The van der Waals surface area contributed by atoms with E-state index in [1.807, 2.05) is 6.08 Å². The van der Waals surface area contributed by atoms with E-state index in [1.54, 1.807) is 6.07 Å². The first-order valence-corrected chi connectivity index (χ1v) is 6.53. The molecule has 17 heavy (non-hydrogen) atoms. The van der Waals surface area contributed by atoms with E-state index in [0.29, 0.717) is 10.9 Å². The van der Waals surface area contributed by atoms with Gasteiger partial charge in [-0.2, -0.15) is 0 Å². The van der Waals surface area contributed by atoms with Crippen LogP contribution in [0.3, 0.4) is 0 Å². The predicted octanol–water partition coefficient (Wildman–Crippen LogP) is 4.91. The van der Waals surface area contributed by atoms with Crippen molar-refractivity contribution in [3.05, 3.63) is 46.7 Å². The van der Waals surface area contributed by atoms with Gasteiger partial charge in [0.25, 0.3) is 0 Å². The first-order chi connectivity index (χ1) is 8.15. The van der Waals surface area contributed by atoms with Crippen LogP contribution in [-0.2, 0) is 0 Å². The topological polar surface area (TPSA) is 17.1 Å². The zero-order valence-corrected chi connectivity index (χ0v) is 11.3. The van der Waals surface area contributed by atoms with E-state index in [2.05, 4.69) is 22.5 Å². The third kappa shape index (κ3) is 4.82. The Morgan fingerprint density at radius 3 is 2.76 bits per heavy atom. The molecule has 0 aliphatic heterocycles. The highest BCUT2D eigenvalue weighted by Gasteiger charge is 2.11. The van der Waals surface area contributed by atoms with Crippen LogP contribution in [0.5, 0.6) is 0 Å². The first-order valence-electron chi connectivity index (χ1n) is 5.74. The second kappa shape index (κ2) is 7.38. The fourth-order valence-electron chi connectivity index (χ4n) is 1.60. The minimum atomic E-state index is -0.449. The first kappa shape index (κ1) is 14.1. The van der Waals surface area contributed by atoms with Crippen LogP contribution in [0.2, 0.25) is 0 Å². The Hall–Kier alpha value is -0.960. The number of ketones is 1. The number of hydrogen-bond donors (Lipinski definition) is 0. The quantitative estimate of drug-likeness (QED) is 0.397. The van der Waals surface area contributed by atoms with Gasteiger partial charge in [0.1, 0.15) is 5.82 Å². The molecule has 1 nitrogen and oxygen atoms in total. The molecule has 0 amide bonds. The zero-order valence-electron chi connectivity index (χ0n) is 9.72. The molecule has 0 atom stereocenters. The van der Waals surface area contributed by atoms with Crippen molar-refractivity contribution in [3.63, 3.8) is 0 Å². The van der Waals surface area contributed by atoms with Gasteiger partial charge in [-0.05, 0) is 37.5 Å². The number of rotatable bonds is 7. The van der Waals surface area contributed by atoms with E-state index in [4.69, 9.17) is 0 Å². The smallest absolute Gasteiger partial charge is 0.165 e. The second-order valence-corrected chi connectivity index (χ2v) is 4.85. The summed E-state index contributed by atoms with van der Waals surface area (Å²) in [6.45, 7) is 3.64. The Morgan fingerprint density at radius 1 is 1.35 bits per heavy atom. The fraction of sp³-hybridized carbons (Fsp3) is 0.357. The molecular weight excluding hydrogens is 283 g/mol. The molecule has 0 spiro atoms. The lowest BCUT2D eigenvalue weighted by atomic mass is 10.0. The van der Waals surface area contributed by atoms with Crippen molar-refractivity contribution >= 4 is 21.7 Å². The number of halogens is 2. The maximum absolute atomic E-state index is 13.5. The van der Waals surface area contributed by atoms with E-state index in [9.17, 15) is 9.18 Å². The van der Waals surface area contributed by atoms with Crippen molar-refractivity contribution in [2.24, 2.45) is 0 Å². The molecular formula is C14H16BrFO. The molecule has 0 saturated carbocycles. The van der Waals surface area contributed by atoms with Crippen LogP contribution < -0.4 is 0 Å². The number of benzene rings is 1. The summed E-state index contributed by atoms with van der Waals surface area (Å²) in [5.74, 6) is -0.566. The standard InChI is InChI=1S/C14H16BrFO/c1-2-3-4-5-6-7-14(17)12-9-8-11(15)10-13(12)16/h2,8-10H,1,3-7H2. The van der Waals surface area contributed by atoms with Gasteiger partial charge in [0.2, 0.25) is 0 Å². The van der Waals surface area contributed by atoms with Crippen LogP contribution in [-0.4, -0.2) is 5.78 Å². The zero-order chi connectivity index (χ0) is 12.7. The number of Topliss-reactive ketones (excluding diaryl/α,β-unsaturated/α-hetero) is 1. The number of carbonyl (C=O) groups excluding carboxylic acids is 1.